The highest BCUT2D eigenvalue weighted by molar-refractivity contribution is 8.15. The van der Waals surface area contributed by atoms with Crippen molar-refractivity contribution in [3.05, 3.63) is 23.2 Å². The van der Waals surface area contributed by atoms with Crippen LogP contribution in [0.4, 0.5) is 10.5 Å². The lowest BCUT2D eigenvalue weighted by Gasteiger charge is -2.23. The maximum atomic E-state index is 13.6. The first-order chi connectivity index (χ1) is 28.7. The van der Waals surface area contributed by atoms with E-state index in [1.54, 1.807) is 39.0 Å². The van der Waals surface area contributed by atoms with Crippen molar-refractivity contribution in [2.24, 2.45) is 4.99 Å². The molecule has 4 unspecified atom stereocenters. The van der Waals surface area contributed by atoms with E-state index in [1.807, 2.05) is 19.0 Å². The molecule has 20 nitrogen and oxygen atoms in total. The van der Waals surface area contributed by atoms with E-state index in [-0.39, 0.29) is 12.3 Å². The number of carboxylic acid groups (broad SMARTS) is 1. The number of carboxylic acids is 1. The Morgan fingerprint density at radius 3 is 2.18 bits per heavy atom. The molecule has 2 heterocycles. The summed E-state index contributed by atoms with van der Waals surface area (Å²) in [5.41, 5.74) is 0.282. The van der Waals surface area contributed by atoms with Gasteiger partial charge in [-0.05, 0) is 105 Å². The van der Waals surface area contributed by atoms with Crippen LogP contribution in [0.15, 0.2) is 23.2 Å². The number of carbonyl (C=O) groups excluding carboxylic acids is 7. The number of alkyl carbamates (subject to hydrolysis) is 1. The first-order valence-corrected chi connectivity index (χ1v) is 21.7. The Bertz CT molecular complexity index is 1930. The third-order valence-corrected chi connectivity index (χ3v) is 10.9. The molecule has 0 fully saturated rings. The van der Waals surface area contributed by atoms with Gasteiger partial charge in [0.1, 0.15) is 33.8 Å². The van der Waals surface area contributed by atoms with Gasteiger partial charge in [-0.1, -0.05) is 0 Å². The Labute approximate surface area is 362 Å². The fraction of sp³-hybridized carbons (Fsp3) is 0.590. The molecule has 1 aromatic heterocycles. The molecule has 1 aliphatic heterocycles. The van der Waals surface area contributed by atoms with Crippen LogP contribution < -0.4 is 37.2 Å². The van der Waals surface area contributed by atoms with Gasteiger partial charge >= 0.3 is 12.1 Å². The lowest BCUT2D eigenvalue weighted by molar-refractivity contribution is -0.137. The fourth-order valence-electron chi connectivity index (χ4n) is 5.63. The zero-order chi connectivity index (χ0) is 45.3. The van der Waals surface area contributed by atoms with Gasteiger partial charge in [-0.15, -0.1) is 23.1 Å². The zero-order valence-electron chi connectivity index (χ0n) is 35.6. The standard InChI is InChI=1S/C39H58N10O10S2/c1-22(43-31(52)20-41-30(51)19-42-33(54)26(13-9-11-17-49(6)7)48-38(58)59-39(3,4)5)32(53)45-27(12-8-10-16-40-23(2)50)34(55)44-24-14-15-25-29(18-24)61-36(46-25)35-47-28(21-60-35)37(56)57/h14-15,18,22,26-28H,8-13,16-17,19-21H2,1-7H3,(H,40,50)(H,41,51)(H,42,54)(H,43,52)(H,44,55)(H,45,53)(H,48,58)(H,56,57). The third-order valence-electron chi connectivity index (χ3n) is 8.70. The molecule has 0 saturated carbocycles. The van der Waals surface area contributed by atoms with Crippen molar-refractivity contribution in [1.82, 2.24) is 41.8 Å². The van der Waals surface area contributed by atoms with Gasteiger partial charge in [-0.2, -0.15) is 0 Å². The normalized spacial score (nSPS) is 15.1. The monoisotopic (exact) mass is 890 g/mol. The van der Waals surface area contributed by atoms with Crippen molar-refractivity contribution in [3.63, 3.8) is 0 Å². The Kier molecular flexibility index (Phi) is 19.8. The SMILES string of the molecule is CC(=O)NCCCCC(NC(=O)C(C)NC(=O)CNC(=O)CNC(=O)C(CCCCN(C)C)NC(=O)OC(C)(C)C)C(=O)Nc1ccc2nc(C3=NC(C(=O)O)CS3)sc2c1. The summed E-state index contributed by atoms with van der Waals surface area (Å²) in [7, 11) is 3.85. The number of rotatable bonds is 23. The number of fused-ring (bicyclic) bond motifs is 1. The predicted octanol–water partition coefficient (Wildman–Crippen LogP) is 1.33. The number of carbonyl (C=O) groups is 8. The summed E-state index contributed by atoms with van der Waals surface area (Å²) < 4.78 is 6.01. The fourth-order valence-corrected chi connectivity index (χ4v) is 7.73. The van der Waals surface area contributed by atoms with Crippen LogP contribution in [-0.4, -0.2) is 143 Å². The summed E-state index contributed by atoms with van der Waals surface area (Å²) in [5, 5.41) is 28.5. The van der Waals surface area contributed by atoms with Crippen LogP contribution >= 0.6 is 23.1 Å². The van der Waals surface area contributed by atoms with Crippen molar-refractivity contribution < 1.29 is 48.2 Å². The molecule has 7 amide bonds. The van der Waals surface area contributed by atoms with E-state index in [0.29, 0.717) is 59.2 Å². The molecular formula is C39H58N10O10S2. The van der Waals surface area contributed by atoms with E-state index in [4.69, 9.17) is 4.74 Å². The summed E-state index contributed by atoms with van der Waals surface area (Å²) in [6.07, 6.45) is 2.13. The molecule has 1 aliphatic rings. The highest BCUT2D eigenvalue weighted by atomic mass is 32.2. The Morgan fingerprint density at radius 2 is 1.54 bits per heavy atom. The van der Waals surface area contributed by atoms with Gasteiger partial charge in [0.15, 0.2) is 6.04 Å². The highest BCUT2D eigenvalue weighted by Crippen LogP contribution is 2.31. The molecule has 0 aliphatic carbocycles. The maximum absolute atomic E-state index is 13.6. The molecule has 0 radical (unpaired) electrons. The van der Waals surface area contributed by atoms with Gasteiger partial charge in [0.05, 0.1) is 23.3 Å². The van der Waals surface area contributed by atoms with Crippen LogP contribution in [0.3, 0.4) is 0 Å². The number of anilines is 1. The molecule has 22 heteroatoms. The highest BCUT2D eigenvalue weighted by Gasteiger charge is 2.28. The number of thiazole rings is 1. The molecule has 3 rings (SSSR count). The second-order valence-corrected chi connectivity index (χ2v) is 17.7. The minimum atomic E-state index is -1.12. The number of aliphatic carboxylic acids is 1. The van der Waals surface area contributed by atoms with Crippen molar-refractivity contribution in [2.75, 3.05) is 51.3 Å². The number of aliphatic imine (C=N–C) groups is 1. The molecule has 0 bridgehead atoms. The quantitative estimate of drug-likeness (QED) is 0.0733. The largest absolute Gasteiger partial charge is 0.480 e. The van der Waals surface area contributed by atoms with E-state index in [9.17, 15) is 43.5 Å². The van der Waals surface area contributed by atoms with Crippen LogP contribution in [0.2, 0.25) is 0 Å². The maximum Gasteiger partial charge on any atom is 0.408 e. The van der Waals surface area contributed by atoms with Gasteiger partial charge in [0, 0.05) is 24.9 Å². The molecule has 1 aromatic carbocycles. The number of thioether (sulfide) groups is 1. The van der Waals surface area contributed by atoms with Crippen LogP contribution in [0.5, 0.6) is 0 Å². The Balaban J connectivity index is 1.55. The topological polar surface area (TPSA) is 279 Å². The van der Waals surface area contributed by atoms with Crippen LogP contribution in [-0.2, 0) is 38.3 Å². The van der Waals surface area contributed by atoms with Gasteiger partial charge < -0.3 is 52.0 Å². The van der Waals surface area contributed by atoms with Crippen LogP contribution in [0.25, 0.3) is 10.2 Å². The third kappa shape index (κ3) is 18.4. The molecule has 61 heavy (non-hydrogen) atoms. The number of hydrogen-bond donors (Lipinski definition) is 8. The van der Waals surface area contributed by atoms with Gasteiger partial charge in [-0.25, -0.2) is 14.6 Å². The van der Waals surface area contributed by atoms with Crippen molar-refractivity contribution in [1.29, 1.82) is 0 Å². The average molecular weight is 891 g/mol. The van der Waals surface area contributed by atoms with E-state index >= 15 is 0 Å². The van der Waals surface area contributed by atoms with Gasteiger partial charge in [-0.3, -0.25) is 33.8 Å². The average Bonchev–Trinajstić information content (AvgIpc) is 3.84. The molecule has 0 saturated heterocycles. The predicted molar refractivity (Wildman–Crippen MR) is 232 cm³/mol. The first kappa shape index (κ1) is 50.0. The minimum Gasteiger partial charge on any atom is -0.480 e. The lowest BCUT2D eigenvalue weighted by atomic mass is 10.1. The number of nitrogens with zero attached hydrogens (tertiary/aromatic N) is 3. The van der Waals surface area contributed by atoms with Crippen LogP contribution in [0, 0.1) is 0 Å². The second kappa shape index (κ2) is 24.2. The Hall–Kier alpha value is -5.35. The van der Waals surface area contributed by atoms with Gasteiger partial charge in [0.2, 0.25) is 35.4 Å². The number of nitrogens with one attached hydrogen (secondary N) is 7. The lowest BCUT2D eigenvalue weighted by Crippen LogP contribution is -2.53. The molecule has 336 valence electrons. The van der Waals surface area contributed by atoms with Crippen molar-refractivity contribution in [3.8, 4) is 0 Å². The molecule has 8 N–H and O–H groups in total. The first-order valence-electron chi connectivity index (χ1n) is 19.9. The van der Waals surface area contributed by atoms with Gasteiger partial charge in [0.25, 0.3) is 0 Å². The molecule has 4 atom stereocenters. The van der Waals surface area contributed by atoms with Crippen molar-refractivity contribution in [2.45, 2.75) is 103 Å². The minimum absolute atomic E-state index is 0.196. The molecule has 0 spiro atoms. The number of hydrogen-bond acceptors (Lipinski definition) is 14. The zero-order valence-corrected chi connectivity index (χ0v) is 37.2. The number of ether oxygens (including phenoxy) is 1. The summed E-state index contributed by atoms with van der Waals surface area (Å²) in [6, 6.07) is 1.14. The van der Waals surface area contributed by atoms with E-state index in [1.165, 1.54) is 36.9 Å². The second-order valence-electron chi connectivity index (χ2n) is 15.6. The number of benzene rings is 1. The summed E-state index contributed by atoms with van der Waals surface area (Å²) in [5.74, 6) is -4.07. The van der Waals surface area contributed by atoms with E-state index in [2.05, 4.69) is 47.2 Å². The van der Waals surface area contributed by atoms with Crippen LogP contribution in [0.1, 0.15) is 78.2 Å². The summed E-state index contributed by atoms with van der Waals surface area (Å²) in [4.78, 5) is 111. The van der Waals surface area contributed by atoms with Crippen molar-refractivity contribution >= 4 is 91.6 Å². The summed E-state index contributed by atoms with van der Waals surface area (Å²) >= 11 is 2.62. The Morgan fingerprint density at radius 1 is 0.869 bits per heavy atom. The van der Waals surface area contributed by atoms with E-state index < -0.39 is 84.5 Å². The molecule has 2 aromatic rings. The number of unbranched alkanes of at least 4 members (excludes halogenated alkanes) is 2. The smallest absolute Gasteiger partial charge is 0.408 e. The number of aromatic nitrogens is 1. The number of amides is 7. The van der Waals surface area contributed by atoms with E-state index in [0.717, 1.165) is 17.7 Å². The molecular weight excluding hydrogens is 833 g/mol. The summed E-state index contributed by atoms with van der Waals surface area (Å²) in [6.45, 7) is 8.06.